The Morgan fingerprint density at radius 1 is 1.19 bits per heavy atom. The standard InChI is InChI=1S/C22H24F3N4O2P/c1-13-15(5-4-6-17(13)22(23,24)25)12-26-19-16-11-18(32-9-7-31-8-10-32)21(30)29(3)20(16)28-14(2)27-19/h4-6,11H,7-10,12H2,1-3H3,(H,26,27,28). The first kappa shape index (κ1) is 22.7. The molecule has 1 saturated heterocycles. The molecule has 1 aliphatic heterocycles. The molecule has 32 heavy (non-hydrogen) atoms. The molecule has 0 unspecified atom stereocenters. The Morgan fingerprint density at radius 2 is 1.91 bits per heavy atom. The van der Waals surface area contributed by atoms with E-state index in [9.17, 15) is 18.0 Å². The van der Waals surface area contributed by atoms with E-state index >= 15 is 0 Å². The first-order chi connectivity index (χ1) is 15.2. The quantitative estimate of drug-likeness (QED) is 0.597. The van der Waals surface area contributed by atoms with Crippen LogP contribution in [0.15, 0.2) is 29.1 Å². The van der Waals surface area contributed by atoms with Crippen LogP contribution in [0.25, 0.3) is 11.0 Å². The van der Waals surface area contributed by atoms with E-state index in [1.807, 2.05) is 6.07 Å². The zero-order chi connectivity index (χ0) is 23.0. The van der Waals surface area contributed by atoms with Crippen LogP contribution in [0.1, 0.15) is 22.5 Å². The lowest BCUT2D eigenvalue weighted by Crippen LogP contribution is -2.35. The summed E-state index contributed by atoms with van der Waals surface area (Å²) >= 11 is 0. The lowest BCUT2D eigenvalue weighted by Gasteiger charge is -2.23. The molecule has 0 saturated carbocycles. The second-order valence-electron chi connectivity index (χ2n) is 7.79. The maximum absolute atomic E-state index is 13.3. The average Bonchev–Trinajstić information content (AvgIpc) is 2.75. The molecule has 4 rings (SSSR count). The average molecular weight is 464 g/mol. The normalized spacial score (nSPS) is 15.3. The third-order valence-electron chi connectivity index (χ3n) is 5.71. The number of aryl methyl sites for hydroxylation is 2. The number of alkyl halides is 3. The van der Waals surface area contributed by atoms with Crippen molar-refractivity contribution in [1.82, 2.24) is 14.5 Å². The van der Waals surface area contributed by atoms with Crippen molar-refractivity contribution in [2.75, 3.05) is 30.9 Å². The highest BCUT2D eigenvalue weighted by Crippen LogP contribution is 2.36. The maximum Gasteiger partial charge on any atom is 0.416 e. The van der Waals surface area contributed by atoms with Crippen LogP contribution in [0.5, 0.6) is 0 Å². The van der Waals surface area contributed by atoms with Gasteiger partial charge in [-0.2, -0.15) is 13.2 Å². The molecule has 1 N–H and O–H groups in total. The van der Waals surface area contributed by atoms with Gasteiger partial charge < -0.3 is 10.1 Å². The highest BCUT2D eigenvalue weighted by atomic mass is 31.1. The molecule has 0 atom stereocenters. The number of anilines is 1. The smallest absolute Gasteiger partial charge is 0.381 e. The molecule has 170 valence electrons. The number of nitrogens with zero attached hydrogens (tertiary/aromatic N) is 3. The van der Waals surface area contributed by atoms with Gasteiger partial charge in [0.2, 0.25) is 0 Å². The summed E-state index contributed by atoms with van der Waals surface area (Å²) in [6, 6.07) is 6.02. The summed E-state index contributed by atoms with van der Waals surface area (Å²) in [6.45, 7) is 4.64. The summed E-state index contributed by atoms with van der Waals surface area (Å²) in [7, 11) is 1.05. The number of halogens is 3. The summed E-state index contributed by atoms with van der Waals surface area (Å²) in [6.07, 6.45) is -2.75. The van der Waals surface area contributed by atoms with Crippen LogP contribution in [-0.4, -0.2) is 40.1 Å². The van der Waals surface area contributed by atoms with Crippen LogP contribution in [-0.2, 0) is 24.5 Å². The fourth-order valence-corrected chi connectivity index (χ4v) is 6.08. The molecule has 2 aromatic heterocycles. The van der Waals surface area contributed by atoms with E-state index in [1.165, 1.54) is 17.6 Å². The third-order valence-corrected chi connectivity index (χ3v) is 8.16. The number of hydrogen-bond acceptors (Lipinski definition) is 5. The summed E-state index contributed by atoms with van der Waals surface area (Å²) in [4.78, 5) is 22.0. The van der Waals surface area contributed by atoms with Crippen molar-refractivity contribution in [2.24, 2.45) is 7.05 Å². The highest BCUT2D eigenvalue weighted by molar-refractivity contribution is 7.65. The van der Waals surface area contributed by atoms with E-state index in [0.29, 0.717) is 41.5 Å². The number of aromatic nitrogens is 3. The van der Waals surface area contributed by atoms with Gasteiger partial charge in [0.1, 0.15) is 17.3 Å². The van der Waals surface area contributed by atoms with Gasteiger partial charge in [-0.25, -0.2) is 9.97 Å². The predicted molar refractivity (Wildman–Crippen MR) is 120 cm³/mol. The van der Waals surface area contributed by atoms with E-state index in [-0.39, 0.29) is 17.7 Å². The van der Waals surface area contributed by atoms with Crippen LogP contribution in [0.2, 0.25) is 0 Å². The molecule has 6 nitrogen and oxygen atoms in total. The molecule has 0 radical (unpaired) electrons. The van der Waals surface area contributed by atoms with Crippen molar-refractivity contribution in [3.63, 3.8) is 0 Å². The Kier molecular flexibility index (Phi) is 6.23. The zero-order valence-corrected chi connectivity index (χ0v) is 19.0. The Morgan fingerprint density at radius 3 is 2.59 bits per heavy atom. The van der Waals surface area contributed by atoms with Gasteiger partial charge in [0.15, 0.2) is 0 Å². The Bertz CT molecular complexity index is 1220. The van der Waals surface area contributed by atoms with Crippen LogP contribution in [0, 0.1) is 13.8 Å². The van der Waals surface area contributed by atoms with E-state index in [0.717, 1.165) is 23.7 Å². The van der Waals surface area contributed by atoms with E-state index < -0.39 is 19.7 Å². The van der Waals surface area contributed by atoms with Crippen LogP contribution in [0.4, 0.5) is 19.0 Å². The fraction of sp³-hybridized carbons (Fsp3) is 0.409. The number of benzene rings is 1. The minimum Gasteiger partial charge on any atom is -0.381 e. The molecule has 1 fully saturated rings. The molecular weight excluding hydrogens is 440 g/mol. The minimum absolute atomic E-state index is 0.0664. The lowest BCUT2D eigenvalue weighted by atomic mass is 10.0. The van der Waals surface area contributed by atoms with Gasteiger partial charge in [0, 0.05) is 18.9 Å². The van der Waals surface area contributed by atoms with Gasteiger partial charge in [-0.1, -0.05) is 20.1 Å². The molecule has 0 aliphatic carbocycles. The van der Waals surface area contributed by atoms with Gasteiger partial charge in [-0.3, -0.25) is 9.36 Å². The van der Waals surface area contributed by atoms with Crippen LogP contribution in [0.3, 0.4) is 0 Å². The monoisotopic (exact) mass is 464 g/mol. The number of nitrogens with one attached hydrogen (secondary N) is 1. The summed E-state index contributed by atoms with van der Waals surface area (Å²) in [5.74, 6) is 0.977. The van der Waals surface area contributed by atoms with Crippen molar-refractivity contribution in [3.05, 3.63) is 57.1 Å². The second-order valence-corrected chi connectivity index (χ2v) is 10.2. The van der Waals surface area contributed by atoms with Crippen molar-refractivity contribution in [1.29, 1.82) is 0 Å². The predicted octanol–water partition coefficient (Wildman–Crippen LogP) is 3.71. The van der Waals surface area contributed by atoms with Gasteiger partial charge in [-0.15, -0.1) is 0 Å². The van der Waals surface area contributed by atoms with Crippen molar-refractivity contribution in [3.8, 4) is 0 Å². The number of ether oxygens (including phenoxy) is 1. The van der Waals surface area contributed by atoms with E-state index in [2.05, 4.69) is 15.3 Å². The summed E-state index contributed by atoms with van der Waals surface area (Å²) in [5, 5.41) is 4.63. The number of fused-ring (bicyclic) bond motifs is 1. The molecule has 1 aliphatic rings. The van der Waals surface area contributed by atoms with Gasteiger partial charge in [0.25, 0.3) is 5.56 Å². The third kappa shape index (κ3) is 4.36. The molecule has 10 heteroatoms. The maximum atomic E-state index is 13.3. The molecule has 0 spiro atoms. The molecular formula is C22H24F3N4O2P. The van der Waals surface area contributed by atoms with E-state index in [4.69, 9.17) is 4.74 Å². The summed E-state index contributed by atoms with van der Waals surface area (Å²) in [5.41, 5.74) is 0.498. The van der Waals surface area contributed by atoms with E-state index in [1.54, 1.807) is 20.0 Å². The number of hydrogen-bond donors (Lipinski definition) is 1. The molecule has 0 amide bonds. The summed E-state index contributed by atoms with van der Waals surface area (Å²) < 4.78 is 46.8. The number of pyridine rings is 1. The van der Waals surface area contributed by atoms with Gasteiger partial charge >= 0.3 is 6.18 Å². The molecule has 3 aromatic rings. The van der Waals surface area contributed by atoms with Crippen LogP contribution >= 0.6 is 7.92 Å². The Balaban J connectivity index is 1.75. The van der Waals surface area contributed by atoms with Crippen molar-refractivity contribution < 1.29 is 17.9 Å². The fourth-order valence-electron chi connectivity index (χ4n) is 3.95. The molecule has 0 bridgehead atoms. The highest BCUT2D eigenvalue weighted by Gasteiger charge is 2.32. The first-order valence-electron chi connectivity index (χ1n) is 10.3. The number of rotatable bonds is 4. The lowest BCUT2D eigenvalue weighted by molar-refractivity contribution is -0.138. The van der Waals surface area contributed by atoms with Crippen molar-refractivity contribution in [2.45, 2.75) is 26.6 Å². The van der Waals surface area contributed by atoms with Crippen LogP contribution < -0.4 is 16.2 Å². The van der Waals surface area contributed by atoms with Gasteiger partial charge in [-0.05, 0) is 49.4 Å². The first-order valence-corrected chi connectivity index (χ1v) is 12.0. The second kappa shape index (κ2) is 8.79. The Labute approximate surface area is 184 Å². The zero-order valence-electron chi connectivity index (χ0n) is 18.1. The van der Waals surface area contributed by atoms with Gasteiger partial charge in [0.05, 0.1) is 24.2 Å². The molecule has 3 heterocycles. The SMILES string of the molecule is Cc1nc(NCc2cccc(C(F)(F)F)c2C)c2cc(P3CCOCC3)c(=O)n(C)c2n1. The van der Waals surface area contributed by atoms with Crippen molar-refractivity contribution >= 4 is 30.1 Å². The molecule has 1 aromatic carbocycles. The largest absolute Gasteiger partial charge is 0.416 e. The Hall–Kier alpha value is -2.51. The minimum atomic E-state index is -4.41. The topological polar surface area (TPSA) is 69.0 Å².